The van der Waals surface area contributed by atoms with Gasteiger partial charge in [0.2, 0.25) is 11.8 Å². The van der Waals surface area contributed by atoms with Crippen molar-refractivity contribution in [3.05, 3.63) is 71.8 Å². The minimum absolute atomic E-state index is 0.0265. The first-order chi connectivity index (χ1) is 15.6. The molecule has 2 fully saturated rings. The Morgan fingerprint density at radius 1 is 0.969 bits per heavy atom. The Morgan fingerprint density at radius 3 is 2.34 bits per heavy atom. The maximum absolute atomic E-state index is 13.1. The maximum Gasteiger partial charge on any atom is 0.253 e. The summed E-state index contributed by atoms with van der Waals surface area (Å²) in [4.78, 5) is 39.1. The molecule has 1 aliphatic heterocycles. The van der Waals surface area contributed by atoms with E-state index in [1.54, 1.807) is 4.90 Å². The smallest absolute Gasteiger partial charge is 0.253 e. The first kappa shape index (κ1) is 20.2. The Morgan fingerprint density at radius 2 is 1.69 bits per heavy atom. The third-order valence-electron chi connectivity index (χ3n) is 6.11. The van der Waals surface area contributed by atoms with Crippen molar-refractivity contribution in [2.24, 2.45) is 5.92 Å². The Bertz CT molecular complexity index is 1200. The molecule has 2 aliphatic rings. The summed E-state index contributed by atoms with van der Waals surface area (Å²) < 4.78 is 0. The maximum atomic E-state index is 13.1. The van der Waals surface area contributed by atoms with Gasteiger partial charge in [0.25, 0.3) is 5.91 Å². The van der Waals surface area contributed by atoms with Crippen LogP contribution in [0.5, 0.6) is 0 Å². The molecule has 0 radical (unpaired) electrons. The molecule has 3 amide bonds. The van der Waals surface area contributed by atoms with E-state index in [9.17, 15) is 14.4 Å². The summed E-state index contributed by atoms with van der Waals surface area (Å²) in [7, 11) is 0. The molecule has 6 heteroatoms. The fraction of sp³-hybridized carbons (Fsp3) is 0.269. The van der Waals surface area contributed by atoms with Crippen molar-refractivity contribution >= 4 is 39.9 Å². The molecular weight excluding hydrogens is 402 g/mol. The summed E-state index contributed by atoms with van der Waals surface area (Å²) in [6.45, 7) is 1.11. The van der Waals surface area contributed by atoms with Gasteiger partial charge in [-0.1, -0.05) is 36.4 Å². The molecule has 1 aliphatic carbocycles. The zero-order valence-electron chi connectivity index (χ0n) is 17.8. The highest BCUT2D eigenvalue weighted by Gasteiger charge is 2.30. The van der Waals surface area contributed by atoms with Gasteiger partial charge in [0, 0.05) is 31.1 Å². The molecule has 1 heterocycles. The molecule has 162 valence electrons. The van der Waals surface area contributed by atoms with Crippen molar-refractivity contribution in [3.63, 3.8) is 0 Å². The van der Waals surface area contributed by atoms with Crippen molar-refractivity contribution in [1.29, 1.82) is 0 Å². The summed E-state index contributed by atoms with van der Waals surface area (Å²) in [5.74, 6) is -0.0523. The number of carbonyl (C=O) groups excluding carboxylic acids is 3. The van der Waals surface area contributed by atoms with Gasteiger partial charge in [-0.05, 0) is 59.9 Å². The van der Waals surface area contributed by atoms with E-state index in [4.69, 9.17) is 0 Å². The fourth-order valence-corrected chi connectivity index (χ4v) is 4.10. The quantitative estimate of drug-likeness (QED) is 0.617. The predicted octanol–water partition coefficient (Wildman–Crippen LogP) is 4.25. The second-order valence-electron chi connectivity index (χ2n) is 8.51. The molecule has 0 atom stereocenters. The number of fused-ring (bicyclic) bond motifs is 1. The summed E-state index contributed by atoms with van der Waals surface area (Å²) in [6, 6.07) is 19.2. The molecule has 1 saturated carbocycles. The molecular formula is C26H25N3O3. The number of amides is 3. The Hall–Kier alpha value is -3.67. The van der Waals surface area contributed by atoms with Crippen LogP contribution in [0.25, 0.3) is 10.8 Å². The molecule has 1 saturated heterocycles. The van der Waals surface area contributed by atoms with Crippen LogP contribution in [0, 0.1) is 5.92 Å². The standard InChI is InChI=1S/C26H25N3O3/c30-24-6-3-13-29(24)21-11-7-17(8-12-21)16-27-26(32)22-14-19-4-1-2-5-20(19)15-23(22)28-25(31)18-9-10-18/h1-2,4-5,7-8,11-12,14-15,18H,3,6,9-10,13,16H2,(H,27,32)(H,28,31). The lowest BCUT2D eigenvalue weighted by Crippen LogP contribution is -2.25. The molecule has 0 aromatic heterocycles. The molecule has 32 heavy (non-hydrogen) atoms. The second-order valence-corrected chi connectivity index (χ2v) is 8.51. The van der Waals surface area contributed by atoms with Crippen LogP contribution in [-0.2, 0) is 16.1 Å². The Balaban J connectivity index is 1.32. The van der Waals surface area contributed by atoms with Crippen molar-refractivity contribution in [2.75, 3.05) is 16.8 Å². The van der Waals surface area contributed by atoms with E-state index in [2.05, 4.69) is 10.6 Å². The largest absolute Gasteiger partial charge is 0.348 e. The Labute approximate surface area is 186 Å². The molecule has 0 bridgehead atoms. The van der Waals surface area contributed by atoms with Gasteiger partial charge in [-0.2, -0.15) is 0 Å². The number of rotatable bonds is 6. The lowest BCUT2D eigenvalue weighted by molar-refractivity contribution is -0.118. The fourth-order valence-electron chi connectivity index (χ4n) is 4.10. The molecule has 3 aromatic carbocycles. The van der Waals surface area contributed by atoms with Gasteiger partial charge in [-0.25, -0.2) is 0 Å². The third-order valence-corrected chi connectivity index (χ3v) is 6.11. The number of benzene rings is 3. The topological polar surface area (TPSA) is 78.5 Å². The highest BCUT2D eigenvalue weighted by molar-refractivity contribution is 6.08. The number of carbonyl (C=O) groups is 3. The van der Waals surface area contributed by atoms with Gasteiger partial charge in [0.05, 0.1) is 11.3 Å². The van der Waals surface area contributed by atoms with Crippen molar-refractivity contribution in [1.82, 2.24) is 5.32 Å². The number of nitrogens with zero attached hydrogens (tertiary/aromatic N) is 1. The average Bonchev–Trinajstić information content (AvgIpc) is 3.58. The Kier molecular flexibility index (Phi) is 5.35. The number of hydrogen-bond donors (Lipinski definition) is 2. The lowest BCUT2D eigenvalue weighted by atomic mass is 10.0. The number of hydrogen-bond acceptors (Lipinski definition) is 3. The van der Waals surface area contributed by atoms with Gasteiger partial charge in [-0.15, -0.1) is 0 Å². The van der Waals surface area contributed by atoms with Crippen molar-refractivity contribution in [3.8, 4) is 0 Å². The van der Waals surface area contributed by atoms with E-state index >= 15 is 0 Å². The SMILES string of the molecule is O=C(NCc1ccc(N2CCCC2=O)cc1)c1cc2ccccc2cc1NC(=O)C1CC1. The molecule has 2 N–H and O–H groups in total. The van der Waals surface area contributed by atoms with E-state index in [0.717, 1.165) is 47.8 Å². The van der Waals surface area contributed by atoms with Crippen molar-refractivity contribution < 1.29 is 14.4 Å². The van der Waals surface area contributed by atoms with Crippen LogP contribution in [0.2, 0.25) is 0 Å². The molecule has 6 nitrogen and oxygen atoms in total. The summed E-state index contributed by atoms with van der Waals surface area (Å²) >= 11 is 0. The molecule has 5 rings (SSSR count). The van der Waals surface area contributed by atoms with E-state index in [1.807, 2.05) is 60.7 Å². The van der Waals surface area contributed by atoms with Crippen molar-refractivity contribution in [2.45, 2.75) is 32.2 Å². The molecule has 0 unspecified atom stereocenters. The van der Waals surface area contributed by atoms with Crippen LogP contribution < -0.4 is 15.5 Å². The normalized spacial score (nSPS) is 15.8. The average molecular weight is 428 g/mol. The third kappa shape index (κ3) is 4.21. The lowest BCUT2D eigenvalue weighted by Gasteiger charge is -2.16. The van der Waals surface area contributed by atoms with Gasteiger partial charge in [-0.3, -0.25) is 14.4 Å². The van der Waals surface area contributed by atoms with Crippen LogP contribution in [0.1, 0.15) is 41.6 Å². The summed E-state index contributed by atoms with van der Waals surface area (Å²) in [5.41, 5.74) is 2.83. The predicted molar refractivity (Wildman–Crippen MR) is 125 cm³/mol. The molecule has 3 aromatic rings. The summed E-state index contributed by atoms with van der Waals surface area (Å²) in [6.07, 6.45) is 3.30. The minimum atomic E-state index is -0.236. The van der Waals surface area contributed by atoms with Gasteiger partial charge in [0.1, 0.15) is 0 Å². The number of anilines is 2. The molecule has 0 spiro atoms. The summed E-state index contributed by atoms with van der Waals surface area (Å²) in [5, 5.41) is 7.84. The van der Waals surface area contributed by atoms with Gasteiger partial charge in [0.15, 0.2) is 0 Å². The van der Waals surface area contributed by atoms with E-state index in [1.165, 1.54) is 0 Å². The van der Waals surface area contributed by atoms with Crippen LogP contribution in [-0.4, -0.2) is 24.3 Å². The second kappa shape index (κ2) is 8.46. The highest BCUT2D eigenvalue weighted by atomic mass is 16.2. The van der Waals surface area contributed by atoms with E-state index in [-0.39, 0.29) is 23.6 Å². The highest BCUT2D eigenvalue weighted by Crippen LogP contribution is 2.32. The first-order valence-electron chi connectivity index (χ1n) is 11.1. The van der Waals surface area contributed by atoms with Crippen LogP contribution in [0.3, 0.4) is 0 Å². The van der Waals surface area contributed by atoms with Gasteiger partial charge < -0.3 is 15.5 Å². The van der Waals surface area contributed by atoms with E-state index in [0.29, 0.717) is 24.2 Å². The minimum Gasteiger partial charge on any atom is -0.348 e. The van der Waals surface area contributed by atoms with Crippen LogP contribution in [0.15, 0.2) is 60.7 Å². The van der Waals surface area contributed by atoms with Gasteiger partial charge >= 0.3 is 0 Å². The first-order valence-corrected chi connectivity index (χ1v) is 11.1. The van der Waals surface area contributed by atoms with E-state index < -0.39 is 0 Å². The van der Waals surface area contributed by atoms with Crippen LogP contribution >= 0.6 is 0 Å². The zero-order chi connectivity index (χ0) is 22.1. The number of nitrogens with one attached hydrogen (secondary N) is 2. The zero-order valence-corrected chi connectivity index (χ0v) is 17.8. The van der Waals surface area contributed by atoms with Crippen LogP contribution in [0.4, 0.5) is 11.4 Å². The monoisotopic (exact) mass is 427 g/mol.